The Hall–Kier alpha value is -3.09. The van der Waals surface area contributed by atoms with Crippen molar-refractivity contribution in [2.24, 2.45) is 0 Å². The SMILES string of the molecule is C=CCCOc1ccc(C2CCC(OCc3ccc(-c4ccc(C(O)CCC)cc4)c(F)c3F)CC2)c(F)c1. The third-order valence-electron chi connectivity index (χ3n) is 7.48. The molecule has 3 aromatic carbocycles. The highest BCUT2D eigenvalue weighted by Crippen LogP contribution is 2.37. The van der Waals surface area contributed by atoms with Crippen LogP contribution in [0, 0.1) is 17.5 Å². The van der Waals surface area contributed by atoms with Gasteiger partial charge >= 0.3 is 0 Å². The summed E-state index contributed by atoms with van der Waals surface area (Å²) < 4.78 is 56.1. The van der Waals surface area contributed by atoms with Gasteiger partial charge < -0.3 is 14.6 Å². The van der Waals surface area contributed by atoms with Gasteiger partial charge in [-0.25, -0.2) is 13.2 Å². The van der Waals surface area contributed by atoms with E-state index >= 15 is 0 Å². The third-order valence-corrected chi connectivity index (χ3v) is 7.48. The van der Waals surface area contributed by atoms with Crippen molar-refractivity contribution >= 4 is 0 Å². The molecule has 3 aromatic rings. The van der Waals surface area contributed by atoms with E-state index in [0.717, 1.165) is 37.7 Å². The molecule has 39 heavy (non-hydrogen) atoms. The van der Waals surface area contributed by atoms with Gasteiger partial charge in [-0.2, -0.15) is 0 Å². The Labute approximate surface area is 229 Å². The monoisotopic (exact) mass is 538 g/mol. The van der Waals surface area contributed by atoms with Gasteiger partial charge in [0.15, 0.2) is 11.6 Å². The number of halogens is 3. The molecule has 1 N–H and O–H groups in total. The van der Waals surface area contributed by atoms with E-state index in [4.69, 9.17) is 9.47 Å². The molecule has 1 fully saturated rings. The van der Waals surface area contributed by atoms with Crippen LogP contribution in [-0.4, -0.2) is 17.8 Å². The van der Waals surface area contributed by atoms with Crippen LogP contribution in [0.3, 0.4) is 0 Å². The summed E-state index contributed by atoms with van der Waals surface area (Å²) in [5, 5.41) is 10.1. The maximum absolute atomic E-state index is 15.0. The molecule has 1 saturated carbocycles. The highest BCUT2D eigenvalue weighted by atomic mass is 19.2. The van der Waals surface area contributed by atoms with E-state index in [-0.39, 0.29) is 35.6 Å². The fraction of sp³-hybridized carbons (Fsp3) is 0.394. The fourth-order valence-electron chi connectivity index (χ4n) is 5.19. The van der Waals surface area contributed by atoms with Crippen LogP contribution < -0.4 is 4.74 Å². The Morgan fingerprint density at radius 3 is 2.38 bits per heavy atom. The summed E-state index contributed by atoms with van der Waals surface area (Å²) in [5.74, 6) is -1.48. The number of hydrogen-bond donors (Lipinski definition) is 1. The van der Waals surface area contributed by atoms with Crippen molar-refractivity contribution in [2.75, 3.05) is 6.61 Å². The highest BCUT2D eigenvalue weighted by Gasteiger charge is 2.26. The molecule has 3 nitrogen and oxygen atoms in total. The van der Waals surface area contributed by atoms with Gasteiger partial charge in [0.2, 0.25) is 0 Å². The predicted molar refractivity (Wildman–Crippen MR) is 148 cm³/mol. The Kier molecular flexibility index (Phi) is 10.2. The second kappa shape index (κ2) is 13.8. The normalized spacial score (nSPS) is 18.1. The summed E-state index contributed by atoms with van der Waals surface area (Å²) in [6.45, 7) is 6.09. The Morgan fingerprint density at radius 1 is 0.974 bits per heavy atom. The van der Waals surface area contributed by atoms with Crippen LogP contribution in [0.4, 0.5) is 13.2 Å². The topological polar surface area (TPSA) is 38.7 Å². The van der Waals surface area contributed by atoms with Gasteiger partial charge in [-0.05, 0) is 67.2 Å². The molecule has 0 saturated heterocycles. The molecule has 208 valence electrons. The maximum atomic E-state index is 15.0. The van der Waals surface area contributed by atoms with Gasteiger partial charge in [-0.1, -0.05) is 61.9 Å². The number of aliphatic hydroxyl groups is 1. The molecule has 0 bridgehead atoms. The molecule has 0 aliphatic heterocycles. The minimum atomic E-state index is -0.909. The van der Waals surface area contributed by atoms with Gasteiger partial charge in [-0.3, -0.25) is 0 Å². The first kappa shape index (κ1) is 28.9. The molecule has 1 aliphatic rings. The number of aliphatic hydroxyl groups excluding tert-OH is 1. The molecule has 0 amide bonds. The quantitative estimate of drug-likeness (QED) is 0.185. The summed E-state index contributed by atoms with van der Waals surface area (Å²) in [5.41, 5.74) is 2.34. The van der Waals surface area contributed by atoms with Crippen molar-refractivity contribution in [1.29, 1.82) is 0 Å². The van der Waals surface area contributed by atoms with Crippen molar-refractivity contribution in [3.8, 4) is 16.9 Å². The van der Waals surface area contributed by atoms with Crippen LogP contribution in [0.5, 0.6) is 5.75 Å². The number of ether oxygens (including phenoxy) is 2. The summed E-state index contributed by atoms with van der Waals surface area (Å²) in [6.07, 6.45) is 6.27. The van der Waals surface area contributed by atoms with Crippen LogP contribution >= 0.6 is 0 Å². The van der Waals surface area contributed by atoms with Gasteiger partial charge in [-0.15, -0.1) is 6.58 Å². The molecule has 6 heteroatoms. The van der Waals surface area contributed by atoms with Crippen LogP contribution in [-0.2, 0) is 11.3 Å². The van der Waals surface area contributed by atoms with Crippen molar-refractivity contribution in [1.82, 2.24) is 0 Å². The lowest BCUT2D eigenvalue weighted by molar-refractivity contribution is 0.0117. The molecule has 0 heterocycles. The zero-order valence-corrected chi connectivity index (χ0v) is 22.5. The largest absolute Gasteiger partial charge is 0.493 e. The fourth-order valence-corrected chi connectivity index (χ4v) is 5.19. The van der Waals surface area contributed by atoms with Crippen molar-refractivity contribution in [3.63, 3.8) is 0 Å². The first-order chi connectivity index (χ1) is 18.9. The van der Waals surface area contributed by atoms with Gasteiger partial charge in [0, 0.05) is 17.2 Å². The lowest BCUT2D eigenvalue weighted by Gasteiger charge is -2.29. The van der Waals surface area contributed by atoms with Crippen molar-refractivity contribution in [3.05, 3.63) is 101 Å². The van der Waals surface area contributed by atoms with Crippen LogP contribution in [0.15, 0.2) is 67.3 Å². The second-order valence-corrected chi connectivity index (χ2v) is 10.2. The Balaban J connectivity index is 1.31. The Morgan fingerprint density at radius 2 is 1.72 bits per heavy atom. The van der Waals surface area contributed by atoms with E-state index in [1.54, 1.807) is 54.6 Å². The lowest BCUT2D eigenvalue weighted by atomic mass is 9.82. The molecule has 0 aromatic heterocycles. The molecule has 1 unspecified atom stereocenters. The lowest BCUT2D eigenvalue weighted by Crippen LogP contribution is -2.21. The molecular weight excluding hydrogens is 501 g/mol. The van der Waals surface area contributed by atoms with E-state index in [1.165, 1.54) is 6.07 Å². The maximum Gasteiger partial charge on any atom is 0.167 e. The van der Waals surface area contributed by atoms with Crippen LogP contribution in [0.1, 0.15) is 80.6 Å². The number of hydrogen-bond acceptors (Lipinski definition) is 3. The van der Waals surface area contributed by atoms with E-state index in [1.807, 2.05) is 6.92 Å². The molecule has 0 radical (unpaired) electrons. The first-order valence-electron chi connectivity index (χ1n) is 13.8. The Bertz CT molecular complexity index is 1230. The molecule has 1 aliphatic carbocycles. The minimum Gasteiger partial charge on any atom is -0.493 e. The van der Waals surface area contributed by atoms with Crippen LogP contribution in [0.25, 0.3) is 11.1 Å². The standard InChI is InChI=1S/C33H37F3O3/c1-3-5-19-38-27-16-18-28(30(34)20-27)22-11-14-26(15-12-22)39-21-25-13-17-29(33(36)32(25)35)23-7-9-24(10-8-23)31(37)6-4-2/h3,7-10,13,16-18,20,22,26,31,37H,1,4-6,11-12,14-15,19,21H2,2H3. The summed E-state index contributed by atoms with van der Waals surface area (Å²) in [6, 6.07) is 15.1. The number of rotatable bonds is 12. The van der Waals surface area contributed by atoms with Gasteiger partial charge in [0.1, 0.15) is 11.6 Å². The predicted octanol–water partition coefficient (Wildman–Crippen LogP) is 8.80. The van der Waals surface area contributed by atoms with E-state index in [2.05, 4.69) is 6.58 Å². The van der Waals surface area contributed by atoms with Crippen molar-refractivity contribution in [2.45, 2.75) is 76.6 Å². The zero-order valence-electron chi connectivity index (χ0n) is 22.5. The van der Waals surface area contributed by atoms with Crippen molar-refractivity contribution < 1.29 is 27.8 Å². The average Bonchev–Trinajstić information content (AvgIpc) is 2.95. The minimum absolute atomic E-state index is 0.0222. The summed E-state index contributed by atoms with van der Waals surface area (Å²) in [7, 11) is 0. The first-order valence-corrected chi connectivity index (χ1v) is 13.8. The third kappa shape index (κ3) is 7.31. The highest BCUT2D eigenvalue weighted by molar-refractivity contribution is 5.65. The molecule has 0 spiro atoms. The van der Waals surface area contributed by atoms with Gasteiger partial charge in [0.25, 0.3) is 0 Å². The molecular formula is C33H37F3O3. The smallest absolute Gasteiger partial charge is 0.167 e. The average molecular weight is 539 g/mol. The molecule has 4 rings (SSSR count). The number of benzene rings is 3. The second-order valence-electron chi connectivity index (χ2n) is 10.2. The van der Waals surface area contributed by atoms with E-state index < -0.39 is 17.7 Å². The van der Waals surface area contributed by atoms with E-state index in [0.29, 0.717) is 36.3 Å². The zero-order chi connectivity index (χ0) is 27.8. The summed E-state index contributed by atoms with van der Waals surface area (Å²) >= 11 is 0. The summed E-state index contributed by atoms with van der Waals surface area (Å²) in [4.78, 5) is 0. The van der Waals surface area contributed by atoms with E-state index in [9.17, 15) is 18.3 Å². The molecule has 1 atom stereocenters. The van der Waals surface area contributed by atoms with Gasteiger partial charge in [0.05, 0.1) is 25.4 Å². The van der Waals surface area contributed by atoms with Crippen LogP contribution in [0.2, 0.25) is 0 Å².